The van der Waals surface area contributed by atoms with Crippen molar-refractivity contribution in [1.82, 2.24) is 0 Å². The standard InChI is InChI=1S/C15H14ClN3OS/c1-10(20)17-11-6-8-12(9-7-11)18-15(21)19-14-5-3-2-4-13(14)16/h2-9H,1H3,(H,17,20)(H2,18,19,21). The van der Waals surface area contributed by atoms with Gasteiger partial charge in [-0.25, -0.2) is 0 Å². The number of nitrogens with one attached hydrogen (secondary N) is 3. The van der Waals surface area contributed by atoms with Crippen molar-refractivity contribution in [3.05, 3.63) is 53.6 Å². The second kappa shape index (κ2) is 7.06. The molecule has 0 fully saturated rings. The van der Waals surface area contributed by atoms with E-state index in [1.165, 1.54) is 6.92 Å². The lowest BCUT2D eigenvalue weighted by molar-refractivity contribution is -0.114. The van der Waals surface area contributed by atoms with Gasteiger partial charge in [0.15, 0.2) is 5.11 Å². The molecule has 0 spiro atoms. The minimum Gasteiger partial charge on any atom is -0.332 e. The number of carbonyl (C=O) groups is 1. The SMILES string of the molecule is CC(=O)Nc1ccc(NC(=S)Nc2ccccc2Cl)cc1. The average molecular weight is 320 g/mol. The molecule has 2 aromatic carbocycles. The first kappa shape index (κ1) is 15.3. The summed E-state index contributed by atoms with van der Waals surface area (Å²) in [5.74, 6) is -0.105. The number of hydrogen-bond acceptors (Lipinski definition) is 2. The lowest BCUT2D eigenvalue weighted by Gasteiger charge is -2.12. The Balaban J connectivity index is 1.96. The first-order valence-corrected chi connectivity index (χ1v) is 7.03. The molecule has 0 radical (unpaired) electrons. The molecular weight excluding hydrogens is 306 g/mol. The third kappa shape index (κ3) is 4.73. The minimum atomic E-state index is -0.105. The van der Waals surface area contributed by atoms with E-state index in [0.29, 0.717) is 10.1 Å². The predicted molar refractivity (Wildman–Crippen MR) is 92.0 cm³/mol. The molecule has 0 saturated carbocycles. The van der Waals surface area contributed by atoms with E-state index >= 15 is 0 Å². The largest absolute Gasteiger partial charge is 0.332 e. The summed E-state index contributed by atoms with van der Waals surface area (Å²) in [5, 5.41) is 9.81. The van der Waals surface area contributed by atoms with Gasteiger partial charge in [0.2, 0.25) is 5.91 Å². The first-order valence-electron chi connectivity index (χ1n) is 6.25. The van der Waals surface area contributed by atoms with Crippen LogP contribution in [0.1, 0.15) is 6.92 Å². The van der Waals surface area contributed by atoms with E-state index in [2.05, 4.69) is 16.0 Å². The van der Waals surface area contributed by atoms with Gasteiger partial charge in [0.1, 0.15) is 0 Å². The predicted octanol–water partition coefficient (Wildman–Crippen LogP) is 4.11. The molecule has 0 aliphatic rings. The molecule has 0 atom stereocenters. The van der Waals surface area contributed by atoms with Gasteiger partial charge in [-0.1, -0.05) is 23.7 Å². The van der Waals surface area contributed by atoms with Gasteiger partial charge in [-0.05, 0) is 48.6 Å². The Hall–Kier alpha value is -2.11. The van der Waals surface area contributed by atoms with Gasteiger partial charge in [0.05, 0.1) is 10.7 Å². The Morgan fingerprint density at radius 2 is 1.52 bits per heavy atom. The molecule has 2 rings (SSSR count). The van der Waals surface area contributed by atoms with E-state index in [1.54, 1.807) is 18.2 Å². The number of para-hydroxylation sites is 1. The molecule has 6 heteroatoms. The van der Waals surface area contributed by atoms with Crippen LogP contribution in [-0.4, -0.2) is 11.0 Å². The monoisotopic (exact) mass is 319 g/mol. The number of thiocarbonyl (C=S) groups is 1. The van der Waals surface area contributed by atoms with Gasteiger partial charge in [0, 0.05) is 18.3 Å². The maximum atomic E-state index is 10.9. The Bertz CT molecular complexity index is 658. The smallest absolute Gasteiger partial charge is 0.221 e. The first-order chi connectivity index (χ1) is 10.0. The molecule has 0 bridgehead atoms. The number of benzene rings is 2. The van der Waals surface area contributed by atoms with Crippen LogP contribution >= 0.6 is 23.8 Å². The number of halogens is 1. The van der Waals surface area contributed by atoms with E-state index in [-0.39, 0.29) is 5.91 Å². The highest BCUT2D eigenvalue weighted by atomic mass is 35.5. The van der Waals surface area contributed by atoms with Crippen LogP contribution < -0.4 is 16.0 Å². The summed E-state index contributed by atoms with van der Waals surface area (Å²) in [4.78, 5) is 10.9. The third-order valence-corrected chi connectivity index (χ3v) is 3.12. The molecule has 0 heterocycles. The molecule has 0 saturated heterocycles. The third-order valence-electron chi connectivity index (χ3n) is 2.59. The molecule has 0 unspecified atom stereocenters. The molecule has 4 nitrogen and oxygen atoms in total. The number of amides is 1. The maximum Gasteiger partial charge on any atom is 0.221 e. The van der Waals surface area contributed by atoms with Gasteiger partial charge in [0.25, 0.3) is 0 Å². The van der Waals surface area contributed by atoms with Crippen LogP contribution in [0.15, 0.2) is 48.5 Å². The van der Waals surface area contributed by atoms with Gasteiger partial charge in [-0.2, -0.15) is 0 Å². The van der Waals surface area contributed by atoms with Gasteiger partial charge in [-0.15, -0.1) is 0 Å². The number of carbonyl (C=O) groups excluding carboxylic acids is 1. The summed E-state index contributed by atoms with van der Waals surface area (Å²) in [6, 6.07) is 14.6. The highest BCUT2D eigenvalue weighted by Gasteiger charge is 2.02. The topological polar surface area (TPSA) is 53.2 Å². The second-order valence-electron chi connectivity index (χ2n) is 4.32. The highest BCUT2D eigenvalue weighted by molar-refractivity contribution is 7.80. The summed E-state index contributed by atoms with van der Waals surface area (Å²) < 4.78 is 0. The Morgan fingerprint density at radius 1 is 0.952 bits per heavy atom. The molecule has 0 aliphatic heterocycles. The molecule has 108 valence electrons. The van der Waals surface area contributed by atoms with Gasteiger partial charge >= 0.3 is 0 Å². The molecule has 1 amide bonds. The van der Waals surface area contributed by atoms with Crippen molar-refractivity contribution < 1.29 is 4.79 Å². The Morgan fingerprint density at radius 3 is 2.10 bits per heavy atom. The number of anilines is 3. The quantitative estimate of drug-likeness (QED) is 0.745. The van der Waals surface area contributed by atoms with Crippen molar-refractivity contribution in [2.24, 2.45) is 0 Å². The molecular formula is C15H14ClN3OS. The van der Waals surface area contributed by atoms with Crippen LogP contribution in [-0.2, 0) is 4.79 Å². The molecule has 0 aliphatic carbocycles. The molecule has 3 N–H and O–H groups in total. The van der Waals surface area contributed by atoms with Crippen LogP contribution in [0.2, 0.25) is 5.02 Å². The van der Waals surface area contributed by atoms with Crippen molar-refractivity contribution in [3.63, 3.8) is 0 Å². The normalized spacial score (nSPS) is 9.81. The van der Waals surface area contributed by atoms with Crippen LogP contribution in [0, 0.1) is 0 Å². The molecule has 0 aromatic heterocycles. The fraction of sp³-hybridized carbons (Fsp3) is 0.0667. The van der Waals surface area contributed by atoms with Crippen LogP contribution in [0.5, 0.6) is 0 Å². The maximum absolute atomic E-state index is 10.9. The van der Waals surface area contributed by atoms with E-state index < -0.39 is 0 Å². The lowest BCUT2D eigenvalue weighted by atomic mass is 10.3. The fourth-order valence-electron chi connectivity index (χ4n) is 1.69. The Labute approximate surface area is 133 Å². The van der Waals surface area contributed by atoms with E-state index in [0.717, 1.165) is 17.1 Å². The van der Waals surface area contributed by atoms with Gasteiger partial charge in [-0.3, -0.25) is 4.79 Å². The summed E-state index contributed by atoms with van der Waals surface area (Å²) in [5.41, 5.74) is 2.29. The van der Waals surface area contributed by atoms with E-state index in [4.69, 9.17) is 23.8 Å². The highest BCUT2D eigenvalue weighted by Crippen LogP contribution is 2.21. The number of rotatable bonds is 3. The van der Waals surface area contributed by atoms with Crippen molar-refractivity contribution in [2.45, 2.75) is 6.92 Å². The average Bonchev–Trinajstić information content (AvgIpc) is 2.43. The van der Waals surface area contributed by atoms with Crippen molar-refractivity contribution in [2.75, 3.05) is 16.0 Å². The zero-order chi connectivity index (χ0) is 15.2. The summed E-state index contributed by atoms with van der Waals surface area (Å²) in [6.07, 6.45) is 0. The minimum absolute atomic E-state index is 0.105. The Kier molecular flexibility index (Phi) is 5.14. The van der Waals surface area contributed by atoms with Crippen LogP contribution in [0.25, 0.3) is 0 Å². The zero-order valence-corrected chi connectivity index (χ0v) is 12.9. The van der Waals surface area contributed by atoms with Gasteiger partial charge < -0.3 is 16.0 Å². The van der Waals surface area contributed by atoms with Crippen LogP contribution in [0.4, 0.5) is 17.1 Å². The van der Waals surface area contributed by atoms with Crippen LogP contribution in [0.3, 0.4) is 0 Å². The van der Waals surface area contributed by atoms with Crippen molar-refractivity contribution in [3.8, 4) is 0 Å². The zero-order valence-electron chi connectivity index (χ0n) is 11.3. The van der Waals surface area contributed by atoms with Crippen molar-refractivity contribution >= 4 is 51.9 Å². The summed E-state index contributed by atoms with van der Waals surface area (Å²) in [7, 11) is 0. The van der Waals surface area contributed by atoms with E-state index in [1.807, 2.05) is 30.3 Å². The molecule has 21 heavy (non-hydrogen) atoms. The summed E-state index contributed by atoms with van der Waals surface area (Å²) in [6.45, 7) is 1.47. The second-order valence-corrected chi connectivity index (χ2v) is 5.13. The molecule has 2 aromatic rings. The number of hydrogen-bond donors (Lipinski definition) is 3. The fourth-order valence-corrected chi connectivity index (χ4v) is 2.10. The van der Waals surface area contributed by atoms with Crippen molar-refractivity contribution in [1.29, 1.82) is 0 Å². The summed E-state index contributed by atoms with van der Waals surface area (Å²) >= 11 is 11.3. The lowest BCUT2D eigenvalue weighted by Crippen LogP contribution is -2.19. The van der Waals surface area contributed by atoms with E-state index in [9.17, 15) is 4.79 Å².